The lowest BCUT2D eigenvalue weighted by Gasteiger charge is -2.18. The molecule has 3 rings (SSSR count). The van der Waals surface area contributed by atoms with E-state index in [9.17, 15) is 4.79 Å². The van der Waals surface area contributed by atoms with Crippen molar-refractivity contribution in [1.29, 1.82) is 0 Å². The Morgan fingerprint density at radius 1 is 1.12 bits per heavy atom. The van der Waals surface area contributed by atoms with Crippen molar-refractivity contribution in [3.8, 4) is 5.75 Å². The summed E-state index contributed by atoms with van der Waals surface area (Å²) in [4.78, 5) is 12.3. The molecule has 0 spiro atoms. The highest BCUT2D eigenvalue weighted by Crippen LogP contribution is 2.27. The van der Waals surface area contributed by atoms with Crippen molar-refractivity contribution in [2.75, 3.05) is 13.2 Å². The second-order valence-electron chi connectivity index (χ2n) is 5.95. The van der Waals surface area contributed by atoms with Crippen LogP contribution in [0.5, 0.6) is 5.75 Å². The third kappa shape index (κ3) is 3.85. The van der Waals surface area contributed by atoms with Crippen LogP contribution in [-0.2, 0) is 11.2 Å². The Kier molecular flexibility index (Phi) is 5.32. The van der Waals surface area contributed by atoms with E-state index in [1.807, 2.05) is 48.5 Å². The molecular formula is C21H22O3. The first-order valence-corrected chi connectivity index (χ1v) is 8.44. The highest BCUT2D eigenvalue weighted by Gasteiger charge is 2.16. The topological polar surface area (TPSA) is 35.5 Å². The van der Waals surface area contributed by atoms with Crippen molar-refractivity contribution in [1.82, 2.24) is 0 Å². The number of unbranched alkanes of at least 4 members (excludes halogenated alkanes) is 1. The normalized spacial score (nSPS) is 12.8. The number of carbonyl (C=O) groups excluding carboxylic acids is 1. The van der Waals surface area contributed by atoms with Crippen molar-refractivity contribution in [2.45, 2.75) is 26.2 Å². The van der Waals surface area contributed by atoms with Crippen LogP contribution in [-0.4, -0.2) is 19.2 Å². The van der Waals surface area contributed by atoms with Gasteiger partial charge in [0.1, 0.15) is 12.4 Å². The summed E-state index contributed by atoms with van der Waals surface area (Å²) in [5.41, 5.74) is 3.87. The molecule has 0 saturated heterocycles. The van der Waals surface area contributed by atoms with Gasteiger partial charge in [0.2, 0.25) is 0 Å². The fourth-order valence-electron chi connectivity index (χ4n) is 2.77. The van der Waals surface area contributed by atoms with Crippen LogP contribution in [0.1, 0.15) is 41.3 Å². The highest BCUT2D eigenvalue weighted by molar-refractivity contribution is 5.91. The van der Waals surface area contributed by atoms with Crippen LogP contribution in [0.3, 0.4) is 0 Å². The van der Waals surface area contributed by atoms with E-state index in [0.29, 0.717) is 25.2 Å². The maximum absolute atomic E-state index is 12.3. The van der Waals surface area contributed by atoms with Gasteiger partial charge in [-0.3, -0.25) is 0 Å². The van der Waals surface area contributed by atoms with Gasteiger partial charge in [0.05, 0.1) is 12.2 Å². The molecule has 2 aromatic rings. The first kappa shape index (κ1) is 16.3. The molecule has 124 valence electrons. The molecule has 0 amide bonds. The van der Waals surface area contributed by atoms with E-state index >= 15 is 0 Å². The number of hydrogen-bond acceptors (Lipinski definition) is 3. The van der Waals surface area contributed by atoms with E-state index in [1.54, 1.807) is 0 Å². The first-order valence-electron chi connectivity index (χ1n) is 8.44. The molecule has 0 bridgehead atoms. The molecule has 0 aromatic heterocycles. The molecule has 24 heavy (non-hydrogen) atoms. The number of carbonyl (C=O) groups is 1. The SMILES string of the molecule is CCCCOC(=O)c1ccccc1CC1=Cc2ccccc2OC1. The van der Waals surface area contributed by atoms with Crippen LogP contribution in [0, 0.1) is 0 Å². The van der Waals surface area contributed by atoms with E-state index in [0.717, 1.165) is 35.3 Å². The smallest absolute Gasteiger partial charge is 0.338 e. The molecule has 1 heterocycles. The Bertz CT molecular complexity index is 746. The van der Waals surface area contributed by atoms with E-state index < -0.39 is 0 Å². The monoisotopic (exact) mass is 322 g/mol. The minimum atomic E-state index is -0.239. The van der Waals surface area contributed by atoms with E-state index in [-0.39, 0.29) is 5.97 Å². The van der Waals surface area contributed by atoms with Gasteiger partial charge in [-0.25, -0.2) is 4.79 Å². The summed E-state index contributed by atoms with van der Waals surface area (Å²) in [6, 6.07) is 15.6. The molecule has 2 aromatic carbocycles. The van der Waals surface area contributed by atoms with Gasteiger partial charge in [-0.1, -0.05) is 49.7 Å². The zero-order valence-electron chi connectivity index (χ0n) is 14.0. The van der Waals surface area contributed by atoms with E-state index in [2.05, 4.69) is 13.0 Å². The first-order chi connectivity index (χ1) is 11.8. The predicted molar refractivity (Wildman–Crippen MR) is 95.3 cm³/mol. The molecule has 0 N–H and O–H groups in total. The molecule has 0 aliphatic carbocycles. The Balaban J connectivity index is 1.76. The second-order valence-corrected chi connectivity index (χ2v) is 5.95. The zero-order chi connectivity index (χ0) is 16.8. The summed E-state index contributed by atoms with van der Waals surface area (Å²) >= 11 is 0. The highest BCUT2D eigenvalue weighted by atomic mass is 16.5. The molecule has 0 saturated carbocycles. The van der Waals surface area contributed by atoms with Crippen LogP contribution in [0.25, 0.3) is 6.08 Å². The Morgan fingerprint density at radius 2 is 1.92 bits per heavy atom. The Morgan fingerprint density at radius 3 is 2.79 bits per heavy atom. The molecule has 1 aliphatic heterocycles. The zero-order valence-corrected chi connectivity index (χ0v) is 14.0. The van der Waals surface area contributed by atoms with Crippen LogP contribution in [0.2, 0.25) is 0 Å². The van der Waals surface area contributed by atoms with Crippen molar-refractivity contribution in [3.63, 3.8) is 0 Å². The minimum absolute atomic E-state index is 0.239. The number of hydrogen-bond donors (Lipinski definition) is 0. The lowest BCUT2D eigenvalue weighted by Crippen LogP contribution is -2.13. The molecule has 3 heteroatoms. The molecule has 1 aliphatic rings. The summed E-state index contributed by atoms with van der Waals surface area (Å²) in [5.74, 6) is 0.672. The summed E-state index contributed by atoms with van der Waals surface area (Å²) < 4.78 is 11.2. The van der Waals surface area contributed by atoms with Crippen LogP contribution in [0.4, 0.5) is 0 Å². The van der Waals surface area contributed by atoms with Crippen molar-refractivity contribution in [2.24, 2.45) is 0 Å². The van der Waals surface area contributed by atoms with Crippen molar-refractivity contribution < 1.29 is 14.3 Å². The number of benzene rings is 2. The van der Waals surface area contributed by atoms with Gasteiger partial charge in [-0.05, 0) is 42.2 Å². The van der Waals surface area contributed by atoms with Gasteiger partial charge in [-0.15, -0.1) is 0 Å². The van der Waals surface area contributed by atoms with E-state index in [4.69, 9.17) is 9.47 Å². The minimum Gasteiger partial charge on any atom is -0.489 e. The average Bonchev–Trinajstić information content (AvgIpc) is 2.62. The van der Waals surface area contributed by atoms with Gasteiger partial charge in [0, 0.05) is 5.56 Å². The van der Waals surface area contributed by atoms with Gasteiger partial charge in [0.25, 0.3) is 0 Å². The van der Waals surface area contributed by atoms with Crippen LogP contribution in [0.15, 0.2) is 54.1 Å². The average molecular weight is 322 g/mol. The lowest BCUT2D eigenvalue weighted by molar-refractivity contribution is 0.0498. The molecule has 0 atom stereocenters. The van der Waals surface area contributed by atoms with E-state index in [1.165, 1.54) is 0 Å². The summed E-state index contributed by atoms with van der Waals surface area (Å²) in [6.45, 7) is 3.11. The number of para-hydroxylation sites is 1. The van der Waals surface area contributed by atoms with Crippen LogP contribution < -0.4 is 4.74 Å². The number of rotatable bonds is 6. The van der Waals surface area contributed by atoms with Gasteiger partial charge >= 0.3 is 5.97 Å². The Labute approximate surface area is 142 Å². The van der Waals surface area contributed by atoms with Gasteiger partial charge in [0.15, 0.2) is 0 Å². The summed E-state index contributed by atoms with van der Waals surface area (Å²) in [7, 11) is 0. The largest absolute Gasteiger partial charge is 0.489 e. The van der Waals surface area contributed by atoms with Gasteiger partial charge in [-0.2, -0.15) is 0 Å². The fraction of sp³-hybridized carbons (Fsp3) is 0.286. The summed E-state index contributed by atoms with van der Waals surface area (Å²) in [5, 5.41) is 0. The third-order valence-electron chi connectivity index (χ3n) is 4.08. The predicted octanol–water partition coefficient (Wildman–Crippen LogP) is 4.66. The summed E-state index contributed by atoms with van der Waals surface area (Å²) in [6.07, 6.45) is 4.74. The standard InChI is InChI=1S/C21H22O3/c1-2-3-12-23-21(22)19-10-6-4-8-17(19)13-16-14-18-9-5-7-11-20(18)24-15-16/h4-11,14H,2-3,12-13,15H2,1H3. The van der Waals surface area contributed by atoms with Crippen molar-refractivity contribution in [3.05, 3.63) is 70.8 Å². The van der Waals surface area contributed by atoms with Crippen molar-refractivity contribution >= 4 is 12.0 Å². The molecule has 0 unspecified atom stereocenters. The second kappa shape index (κ2) is 7.82. The molecular weight excluding hydrogens is 300 g/mol. The molecule has 0 fully saturated rings. The molecule has 0 radical (unpaired) electrons. The maximum Gasteiger partial charge on any atom is 0.338 e. The third-order valence-corrected chi connectivity index (χ3v) is 4.08. The quantitative estimate of drug-likeness (QED) is 0.573. The Hall–Kier alpha value is -2.55. The molecule has 3 nitrogen and oxygen atoms in total. The number of esters is 1. The number of fused-ring (bicyclic) bond motifs is 1. The van der Waals surface area contributed by atoms with Crippen LogP contribution >= 0.6 is 0 Å². The maximum atomic E-state index is 12.3. The lowest BCUT2D eigenvalue weighted by atomic mass is 9.97. The fourth-order valence-corrected chi connectivity index (χ4v) is 2.77. The number of ether oxygens (including phenoxy) is 2. The van der Waals surface area contributed by atoms with Gasteiger partial charge < -0.3 is 9.47 Å².